The standard InChI is InChI=1S/C15H22N4O2/c1-4-7-8-11-13(9-16)12(18)19-15(20-5-2,21-6-3)14(11,13)10-17/h11H,4-8H2,1-3H3,(H2,18,19)/t11-,13-,14-/m1/s1. The zero-order chi connectivity index (χ0) is 15.7. The summed E-state index contributed by atoms with van der Waals surface area (Å²) in [5.41, 5.74) is 3.85. The maximum absolute atomic E-state index is 9.85. The van der Waals surface area contributed by atoms with E-state index in [0.717, 1.165) is 19.3 Å². The molecule has 2 N–H and O–H groups in total. The summed E-state index contributed by atoms with van der Waals surface area (Å²) in [5.74, 6) is -1.45. The van der Waals surface area contributed by atoms with Gasteiger partial charge in [-0.25, -0.2) is 4.99 Å². The largest absolute Gasteiger partial charge is 0.386 e. The van der Waals surface area contributed by atoms with E-state index in [1.807, 2.05) is 13.8 Å². The van der Waals surface area contributed by atoms with Crippen LogP contribution in [0.4, 0.5) is 0 Å². The molecule has 0 spiro atoms. The van der Waals surface area contributed by atoms with Crippen LogP contribution in [-0.4, -0.2) is 25.0 Å². The Bertz CT molecular complexity index is 527. The molecular formula is C15H22N4O2. The van der Waals surface area contributed by atoms with Crippen LogP contribution in [0, 0.1) is 39.4 Å². The molecule has 3 atom stereocenters. The Labute approximate surface area is 125 Å². The van der Waals surface area contributed by atoms with Gasteiger partial charge in [-0.1, -0.05) is 19.8 Å². The first-order valence-electron chi connectivity index (χ1n) is 7.53. The normalized spacial score (nSPS) is 35.5. The second-order valence-electron chi connectivity index (χ2n) is 5.48. The third-order valence-electron chi connectivity index (χ3n) is 4.63. The smallest absolute Gasteiger partial charge is 0.293 e. The number of rotatable bonds is 7. The predicted octanol–water partition coefficient (Wildman–Crippen LogP) is 1.92. The summed E-state index contributed by atoms with van der Waals surface area (Å²) in [6.07, 6.45) is 2.67. The van der Waals surface area contributed by atoms with Crippen molar-refractivity contribution in [3.05, 3.63) is 0 Å². The van der Waals surface area contributed by atoms with Crippen LogP contribution in [0.3, 0.4) is 0 Å². The van der Waals surface area contributed by atoms with Gasteiger partial charge in [0.05, 0.1) is 12.1 Å². The van der Waals surface area contributed by atoms with E-state index < -0.39 is 16.7 Å². The number of unbranched alkanes of at least 4 members (excludes halogenated alkanes) is 1. The number of hydrogen-bond donors (Lipinski definition) is 1. The molecule has 0 radical (unpaired) electrons. The fourth-order valence-corrected chi connectivity index (χ4v) is 3.76. The lowest BCUT2D eigenvalue weighted by molar-refractivity contribution is -0.257. The number of nitrogens with two attached hydrogens (primary N) is 1. The molecule has 0 unspecified atom stereocenters. The van der Waals surface area contributed by atoms with Gasteiger partial charge < -0.3 is 15.2 Å². The number of nitriles is 2. The molecule has 0 aromatic rings. The zero-order valence-electron chi connectivity index (χ0n) is 12.8. The molecule has 1 fully saturated rings. The Morgan fingerprint density at radius 2 is 1.81 bits per heavy atom. The molecule has 0 amide bonds. The summed E-state index contributed by atoms with van der Waals surface area (Å²) in [7, 11) is 0. The highest BCUT2D eigenvalue weighted by Crippen LogP contribution is 2.79. The van der Waals surface area contributed by atoms with E-state index in [4.69, 9.17) is 15.2 Å². The van der Waals surface area contributed by atoms with Gasteiger partial charge in [-0.15, -0.1) is 0 Å². The second-order valence-corrected chi connectivity index (χ2v) is 5.48. The van der Waals surface area contributed by atoms with Gasteiger partial charge in [-0.3, -0.25) is 0 Å². The van der Waals surface area contributed by atoms with E-state index in [9.17, 15) is 10.5 Å². The highest BCUT2D eigenvalue weighted by atomic mass is 16.7. The topological polar surface area (TPSA) is 104 Å². The van der Waals surface area contributed by atoms with Crippen LogP contribution in [0.2, 0.25) is 0 Å². The Kier molecular flexibility index (Phi) is 3.97. The first kappa shape index (κ1) is 15.8. The zero-order valence-corrected chi connectivity index (χ0v) is 12.8. The fraction of sp³-hybridized carbons (Fsp3) is 0.800. The quantitative estimate of drug-likeness (QED) is 0.721. The molecule has 6 nitrogen and oxygen atoms in total. The molecular weight excluding hydrogens is 268 g/mol. The molecule has 2 rings (SSSR count). The SMILES string of the molecule is CCCC[C@@H]1[C@]2(C#N)C(N)=NC(OCC)(OCC)[C@]12C#N. The van der Waals surface area contributed by atoms with Crippen molar-refractivity contribution in [3.63, 3.8) is 0 Å². The number of hydrogen-bond acceptors (Lipinski definition) is 6. The van der Waals surface area contributed by atoms with Crippen molar-refractivity contribution >= 4 is 5.84 Å². The summed E-state index contributed by atoms with van der Waals surface area (Å²) >= 11 is 0. The fourth-order valence-electron chi connectivity index (χ4n) is 3.76. The minimum Gasteiger partial charge on any atom is -0.386 e. The molecule has 1 heterocycles. The molecule has 114 valence electrons. The van der Waals surface area contributed by atoms with Gasteiger partial charge in [0.25, 0.3) is 5.91 Å². The van der Waals surface area contributed by atoms with Crippen LogP contribution in [0.25, 0.3) is 0 Å². The number of ether oxygens (including phenoxy) is 2. The minimum absolute atomic E-state index is 0.176. The van der Waals surface area contributed by atoms with Gasteiger partial charge in [-0.05, 0) is 20.3 Å². The monoisotopic (exact) mass is 290 g/mol. The van der Waals surface area contributed by atoms with Crippen molar-refractivity contribution in [3.8, 4) is 12.1 Å². The number of aliphatic imine (C=N–C) groups is 1. The van der Waals surface area contributed by atoms with Gasteiger partial charge in [-0.2, -0.15) is 10.5 Å². The molecule has 1 aliphatic heterocycles. The van der Waals surface area contributed by atoms with Crippen molar-refractivity contribution in [1.82, 2.24) is 0 Å². The number of amidine groups is 1. The first-order chi connectivity index (χ1) is 10.1. The Hall–Kier alpha value is -1.63. The lowest BCUT2D eigenvalue weighted by Gasteiger charge is -2.31. The van der Waals surface area contributed by atoms with Gasteiger partial charge in [0.2, 0.25) is 0 Å². The highest BCUT2D eigenvalue weighted by Gasteiger charge is 2.92. The maximum Gasteiger partial charge on any atom is 0.293 e. The summed E-state index contributed by atoms with van der Waals surface area (Å²) in [6, 6.07) is 4.54. The third-order valence-corrected chi connectivity index (χ3v) is 4.63. The lowest BCUT2D eigenvalue weighted by Crippen LogP contribution is -2.43. The van der Waals surface area contributed by atoms with Crippen LogP contribution in [0.15, 0.2) is 4.99 Å². The molecule has 0 aromatic heterocycles. The van der Waals surface area contributed by atoms with Gasteiger partial charge in [0, 0.05) is 19.1 Å². The lowest BCUT2D eigenvalue weighted by atomic mass is 9.93. The molecule has 1 saturated carbocycles. The van der Waals surface area contributed by atoms with Crippen molar-refractivity contribution in [1.29, 1.82) is 10.5 Å². The van der Waals surface area contributed by atoms with Crippen molar-refractivity contribution in [2.75, 3.05) is 13.2 Å². The van der Waals surface area contributed by atoms with Gasteiger partial charge in [0.1, 0.15) is 11.3 Å². The molecule has 0 bridgehead atoms. The van der Waals surface area contributed by atoms with Crippen LogP contribution in [0.5, 0.6) is 0 Å². The number of nitrogens with zero attached hydrogens (tertiary/aromatic N) is 3. The van der Waals surface area contributed by atoms with E-state index in [2.05, 4.69) is 24.1 Å². The third kappa shape index (κ3) is 1.61. The average molecular weight is 290 g/mol. The molecule has 21 heavy (non-hydrogen) atoms. The van der Waals surface area contributed by atoms with Crippen LogP contribution in [-0.2, 0) is 9.47 Å². The molecule has 2 aliphatic rings. The summed E-state index contributed by atoms with van der Waals surface area (Å²) < 4.78 is 11.4. The van der Waals surface area contributed by atoms with Gasteiger partial charge in [0.15, 0.2) is 5.41 Å². The Balaban J connectivity index is 2.51. The molecule has 1 aliphatic carbocycles. The first-order valence-corrected chi connectivity index (χ1v) is 7.53. The van der Waals surface area contributed by atoms with E-state index in [1.54, 1.807) is 0 Å². The molecule has 6 heteroatoms. The summed E-state index contributed by atoms with van der Waals surface area (Å²) in [6.45, 7) is 6.37. The van der Waals surface area contributed by atoms with E-state index in [0.29, 0.717) is 13.2 Å². The second kappa shape index (κ2) is 5.29. The van der Waals surface area contributed by atoms with Crippen LogP contribution in [0.1, 0.15) is 40.0 Å². The van der Waals surface area contributed by atoms with Crippen molar-refractivity contribution in [2.45, 2.75) is 45.9 Å². The average Bonchev–Trinajstić information content (AvgIpc) is 3.02. The predicted molar refractivity (Wildman–Crippen MR) is 76.7 cm³/mol. The minimum atomic E-state index is -1.44. The van der Waals surface area contributed by atoms with Crippen molar-refractivity contribution < 1.29 is 9.47 Å². The molecule has 0 aromatic carbocycles. The molecule has 0 saturated heterocycles. The van der Waals surface area contributed by atoms with Gasteiger partial charge >= 0.3 is 0 Å². The summed E-state index contributed by atoms with van der Waals surface area (Å²) in [5, 5.41) is 19.5. The Morgan fingerprint density at radius 3 is 2.24 bits per heavy atom. The van der Waals surface area contributed by atoms with Crippen molar-refractivity contribution in [2.24, 2.45) is 27.5 Å². The van der Waals surface area contributed by atoms with Crippen LogP contribution < -0.4 is 5.73 Å². The summed E-state index contributed by atoms with van der Waals surface area (Å²) in [4.78, 5) is 4.28. The van der Waals surface area contributed by atoms with E-state index in [-0.39, 0.29) is 11.8 Å². The Morgan fingerprint density at radius 1 is 1.19 bits per heavy atom. The maximum atomic E-state index is 9.85. The number of fused-ring (bicyclic) bond motifs is 1. The van der Waals surface area contributed by atoms with E-state index >= 15 is 0 Å². The van der Waals surface area contributed by atoms with Crippen LogP contribution >= 0.6 is 0 Å². The highest BCUT2D eigenvalue weighted by molar-refractivity contribution is 5.98. The van der Waals surface area contributed by atoms with E-state index in [1.165, 1.54) is 0 Å².